The Bertz CT molecular complexity index is 1010. The van der Waals surface area contributed by atoms with Gasteiger partial charge in [0.15, 0.2) is 0 Å². The summed E-state index contributed by atoms with van der Waals surface area (Å²) in [5.74, 6) is -0.209. The molecule has 34 heavy (non-hydrogen) atoms. The fourth-order valence-corrected chi connectivity index (χ4v) is 4.60. The topological polar surface area (TPSA) is 91.2 Å². The van der Waals surface area contributed by atoms with Crippen molar-refractivity contribution < 1.29 is 19.4 Å². The summed E-state index contributed by atoms with van der Waals surface area (Å²) in [4.78, 5) is 24.7. The Morgan fingerprint density at radius 3 is 2.65 bits per heavy atom. The van der Waals surface area contributed by atoms with Gasteiger partial charge in [-0.2, -0.15) is 5.10 Å². The lowest BCUT2D eigenvalue weighted by atomic mass is 9.82. The van der Waals surface area contributed by atoms with E-state index in [9.17, 15) is 9.59 Å². The number of nitrogens with zero attached hydrogens (tertiary/aromatic N) is 2. The highest BCUT2D eigenvalue weighted by Gasteiger charge is 2.22. The molecule has 0 radical (unpaired) electrons. The normalized spacial score (nSPS) is 17.9. The van der Waals surface area contributed by atoms with Gasteiger partial charge in [0.1, 0.15) is 6.61 Å². The summed E-state index contributed by atoms with van der Waals surface area (Å²) in [6, 6.07) is 13.5. The van der Waals surface area contributed by atoms with Crippen LogP contribution in [-0.4, -0.2) is 54.5 Å². The number of carbonyl (C=O) groups excluding carboxylic acids is 2. The van der Waals surface area contributed by atoms with Crippen LogP contribution in [0.4, 0.5) is 5.69 Å². The Morgan fingerprint density at radius 1 is 1.09 bits per heavy atom. The molecule has 2 aliphatic rings. The summed E-state index contributed by atoms with van der Waals surface area (Å²) in [5.41, 5.74) is 4.74. The smallest absolute Gasteiger partial charge is 0.306 e. The van der Waals surface area contributed by atoms with Gasteiger partial charge in [0, 0.05) is 30.8 Å². The summed E-state index contributed by atoms with van der Waals surface area (Å²) in [6.45, 7) is 1.90. The molecule has 1 aliphatic carbocycles. The molecule has 1 amide bonds. The lowest BCUT2D eigenvalue weighted by Gasteiger charge is -2.24. The van der Waals surface area contributed by atoms with Crippen LogP contribution in [0, 0.1) is 5.92 Å². The molecular weight excluding hydrogens is 430 g/mol. The zero-order valence-electron chi connectivity index (χ0n) is 19.5. The number of anilines is 1. The number of nitrogens with one attached hydrogen (secondary N) is 1. The lowest BCUT2D eigenvalue weighted by Crippen LogP contribution is -2.24. The van der Waals surface area contributed by atoms with Crippen LogP contribution in [0.3, 0.4) is 0 Å². The molecule has 1 aliphatic heterocycles. The fraction of sp³-hybridized carbons (Fsp3) is 0.444. The number of esters is 1. The molecule has 1 heterocycles. The summed E-state index contributed by atoms with van der Waals surface area (Å²) >= 11 is 0. The first-order valence-corrected chi connectivity index (χ1v) is 12.2. The molecule has 1 fully saturated rings. The molecule has 7 heteroatoms. The van der Waals surface area contributed by atoms with Crippen LogP contribution in [0.25, 0.3) is 0 Å². The van der Waals surface area contributed by atoms with Gasteiger partial charge in [-0.1, -0.05) is 18.2 Å². The van der Waals surface area contributed by atoms with Crippen molar-refractivity contribution >= 4 is 23.8 Å². The number of hydrogen-bond donors (Lipinski definition) is 2. The number of hydrazone groups is 1. The van der Waals surface area contributed by atoms with Crippen LogP contribution in [0.5, 0.6) is 0 Å². The third-order valence-electron chi connectivity index (χ3n) is 6.48. The van der Waals surface area contributed by atoms with Gasteiger partial charge in [-0.25, -0.2) is 0 Å². The minimum absolute atomic E-state index is 0.0462. The van der Waals surface area contributed by atoms with Gasteiger partial charge in [0.2, 0.25) is 0 Å². The molecule has 0 bridgehead atoms. The molecule has 1 atom stereocenters. The maximum atomic E-state index is 12.8. The minimum Gasteiger partial charge on any atom is -0.463 e. The maximum absolute atomic E-state index is 12.8. The largest absolute Gasteiger partial charge is 0.463 e. The number of fused-ring (bicyclic) bond motifs is 1. The molecule has 1 saturated heterocycles. The SMILES string of the molecule is O=C(CC1CCc2ccc(NC(=O)c3ccc(/C=N/N4CCCCC4)cc3)cc2C1)OCCO. The number of aliphatic hydroxyl groups excluding tert-OH is 1. The molecule has 7 nitrogen and oxygen atoms in total. The summed E-state index contributed by atoms with van der Waals surface area (Å²) in [6.07, 6.45) is 8.48. The van der Waals surface area contributed by atoms with E-state index in [0.717, 1.165) is 49.2 Å². The average Bonchev–Trinajstić information content (AvgIpc) is 2.87. The minimum atomic E-state index is -0.267. The van der Waals surface area contributed by atoms with Crippen molar-refractivity contribution in [3.8, 4) is 0 Å². The molecule has 180 valence electrons. The van der Waals surface area contributed by atoms with Crippen molar-refractivity contribution in [2.24, 2.45) is 11.0 Å². The number of carbonyl (C=O) groups is 2. The summed E-state index contributed by atoms with van der Waals surface area (Å²) in [5, 5.41) is 18.4. The highest BCUT2D eigenvalue weighted by atomic mass is 16.5. The van der Waals surface area contributed by atoms with E-state index in [1.54, 1.807) is 0 Å². The van der Waals surface area contributed by atoms with Crippen molar-refractivity contribution in [1.29, 1.82) is 0 Å². The second-order valence-corrected chi connectivity index (χ2v) is 9.08. The maximum Gasteiger partial charge on any atom is 0.306 e. The van der Waals surface area contributed by atoms with Crippen molar-refractivity contribution in [1.82, 2.24) is 5.01 Å². The number of amides is 1. The van der Waals surface area contributed by atoms with Gasteiger partial charge >= 0.3 is 5.97 Å². The molecule has 0 aromatic heterocycles. The van der Waals surface area contributed by atoms with E-state index < -0.39 is 0 Å². The second-order valence-electron chi connectivity index (χ2n) is 9.08. The van der Waals surface area contributed by atoms with Gasteiger partial charge in [0.25, 0.3) is 5.91 Å². The summed E-state index contributed by atoms with van der Waals surface area (Å²) in [7, 11) is 0. The Kier molecular flexibility index (Phi) is 8.31. The van der Waals surface area contributed by atoms with E-state index in [2.05, 4.69) is 21.5 Å². The van der Waals surface area contributed by atoms with Crippen LogP contribution in [0.2, 0.25) is 0 Å². The number of piperidine rings is 1. The molecule has 1 unspecified atom stereocenters. The van der Waals surface area contributed by atoms with Gasteiger partial charge in [0.05, 0.1) is 12.8 Å². The monoisotopic (exact) mass is 463 g/mol. The highest BCUT2D eigenvalue weighted by Crippen LogP contribution is 2.30. The van der Waals surface area contributed by atoms with Crippen LogP contribution < -0.4 is 5.32 Å². The average molecular weight is 464 g/mol. The van der Waals surface area contributed by atoms with Crippen LogP contribution in [0.1, 0.15) is 59.2 Å². The van der Waals surface area contributed by atoms with Crippen LogP contribution in [-0.2, 0) is 22.4 Å². The number of ether oxygens (including phenoxy) is 1. The zero-order chi connectivity index (χ0) is 23.8. The molecular formula is C27H33N3O4. The standard InChI is InChI=1S/C27H33N3O4/c31-14-15-34-26(32)17-21-6-7-22-10-11-25(18-24(22)16-21)29-27(33)23-8-4-20(5-9-23)19-28-30-12-2-1-3-13-30/h4-5,8-11,18-19,21,31H,1-3,6-7,12-17H2,(H,29,33)/b28-19+. The molecule has 0 saturated carbocycles. The van der Waals surface area contributed by atoms with Crippen molar-refractivity contribution in [2.45, 2.75) is 44.9 Å². The first kappa shape index (κ1) is 24.0. The van der Waals surface area contributed by atoms with Crippen molar-refractivity contribution in [3.63, 3.8) is 0 Å². The van der Waals surface area contributed by atoms with Crippen molar-refractivity contribution in [3.05, 3.63) is 64.7 Å². The Morgan fingerprint density at radius 2 is 1.88 bits per heavy atom. The molecule has 2 N–H and O–H groups in total. The quantitative estimate of drug-likeness (QED) is 0.459. The van der Waals surface area contributed by atoms with Gasteiger partial charge in [-0.3, -0.25) is 14.6 Å². The second kappa shape index (κ2) is 11.8. The predicted octanol–water partition coefficient (Wildman–Crippen LogP) is 3.79. The third-order valence-corrected chi connectivity index (χ3v) is 6.48. The number of aliphatic hydroxyl groups is 1. The molecule has 4 rings (SSSR count). The fourth-order valence-electron chi connectivity index (χ4n) is 4.60. The first-order valence-electron chi connectivity index (χ1n) is 12.2. The van der Waals surface area contributed by atoms with E-state index in [-0.39, 0.29) is 31.0 Å². The third kappa shape index (κ3) is 6.67. The highest BCUT2D eigenvalue weighted by molar-refractivity contribution is 6.04. The number of benzene rings is 2. The zero-order valence-corrected chi connectivity index (χ0v) is 19.5. The molecule has 2 aromatic rings. The van der Waals surface area contributed by atoms with E-state index in [1.807, 2.05) is 42.6 Å². The Balaban J connectivity index is 1.33. The number of aryl methyl sites for hydroxylation is 1. The van der Waals surface area contributed by atoms with E-state index in [4.69, 9.17) is 9.84 Å². The number of hydrogen-bond acceptors (Lipinski definition) is 6. The van der Waals surface area contributed by atoms with Gasteiger partial charge < -0.3 is 15.2 Å². The molecule has 2 aromatic carbocycles. The Labute approximate surface area is 200 Å². The van der Waals surface area contributed by atoms with E-state index in [0.29, 0.717) is 12.0 Å². The Hall–Kier alpha value is -3.19. The van der Waals surface area contributed by atoms with Crippen LogP contribution >= 0.6 is 0 Å². The van der Waals surface area contributed by atoms with E-state index >= 15 is 0 Å². The van der Waals surface area contributed by atoms with Crippen LogP contribution in [0.15, 0.2) is 47.6 Å². The van der Waals surface area contributed by atoms with Crippen molar-refractivity contribution in [2.75, 3.05) is 31.6 Å². The first-order chi connectivity index (χ1) is 16.6. The van der Waals surface area contributed by atoms with Gasteiger partial charge in [-0.05, 0) is 85.4 Å². The number of rotatable bonds is 8. The van der Waals surface area contributed by atoms with E-state index in [1.165, 1.54) is 24.8 Å². The summed E-state index contributed by atoms with van der Waals surface area (Å²) < 4.78 is 5.01. The molecule has 0 spiro atoms. The predicted molar refractivity (Wildman–Crippen MR) is 132 cm³/mol. The van der Waals surface area contributed by atoms with Gasteiger partial charge in [-0.15, -0.1) is 0 Å². The lowest BCUT2D eigenvalue weighted by molar-refractivity contribution is -0.145.